The molecule has 2 aromatic carbocycles. The average molecular weight is 359 g/mol. The smallest absolute Gasteiger partial charge is 0.313 e. The highest BCUT2D eigenvalue weighted by Gasteiger charge is 2.43. The predicted octanol–water partition coefficient (Wildman–Crippen LogP) is 5.35. The lowest BCUT2D eigenvalue weighted by molar-refractivity contribution is -0.164. The van der Waals surface area contributed by atoms with Gasteiger partial charge in [-0.15, -0.1) is 0 Å². The van der Waals surface area contributed by atoms with Crippen LogP contribution in [0.2, 0.25) is 0 Å². The lowest BCUT2D eigenvalue weighted by Gasteiger charge is -2.37. The highest BCUT2D eigenvalue weighted by atomic mass is 16.6. The Morgan fingerprint density at radius 2 is 1.26 bits per heavy atom. The van der Waals surface area contributed by atoms with Crippen molar-refractivity contribution in [3.05, 3.63) is 102 Å². The normalized spacial score (nSPS) is 11.8. The molecule has 0 N–H and O–H groups in total. The third-order valence-corrected chi connectivity index (χ3v) is 5.13. The Hall–Kier alpha value is -2.94. The number of pyridine rings is 1. The lowest BCUT2D eigenvalue weighted by Crippen LogP contribution is -2.39. The molecule has 0 fully saturated rings. The molecule has 3 aromatic rings. The summed E-state index contributed by atoms with van der Waals surface area (Å²) >= 11 is 0. The van der Waals surface area contributed by atoms with Crippen molar-refractivity contribution in [2.75, 3.05) is 0 Å². The van der Waals surface area contributed by atoms with Gasteiger partial charge >= 0.3 is 5.97 Å². The molecule has 3 nitrogen and oxygen atoms in total. The van der Waals surface area contributed by atoms with Crippen molar-refractivity contribution in [3.8, 4) is 0 Å². The maximum absolute atomic E-state index is 13.2. The fourth-order valence-corrected chi connectivity index (χ4v) is 3.03. The number of benzene rings is 2. The van der Waals surface area contributed by atoms with Crippen molar-refractivity contribution in [3.63, 3.8) is 0 Å². The van der Waals surface area contributed by atoms with Crippen LogP contribution < -0.4 is 0 Å². The largest absolute Gasteiger partial charge is 0.444 e. The minimum atomic E-state index is -1.03. The van der Waals surface area contributed by atoms with Crippen LogP contribution in [-0.2, 0) is 15.1 Å². The summed E-state index contributed by atoms with van der Waals surface area (Å²) in [6.45, 7) is 5.84. The molecule has 0 aliphatic heterocycles. The number of carbonyl (C=O) groups is 1. The van der Waals surface area contributed by atoms with Crippen molar-refractivity contribution in [1.29, 1.82) is 0 Å². The Bertz CT molecular complexity index is 777. The van der Waals surface area contributed by atoms with Crippen molar-refractivity contribution in [2.45, 2.75) is 32.8 Å². The zero-order chi connectivity index (χ0) is 19.3. The van der Waals surface area contributed by atoms with Crippen LogP contribution in [0.3, 0.4) is 0 Å². The Labute approximate surface area is 161 Å². The third kappa shape index (κ3) is 3.63. The van der Waals surface area contributed by atoms with Gasteiger partial charge in [0.15, 0.2) is 5.60 Å². The van der Waals surface area contributed by atoms with Crippen molar-refractivity contribution in [1.82, 2.24) is 4.98 Å². The van der Waals surface area contributed by atoms with Gasteiger partial charge in [0.25, 0.3) is 0 Å². The van der Waals surface area contributed by atoms with Crippen LogP contribution >= 0.6 is 0 Å². The molecule has 27 heavy (non-hydrogen) atoms. The second-order valence-corrected chi connectivity index (χ2v) is 7.28. The van der Waals surface area contributed by atoms with E-state index in [1.165, 1.54) is 0 Å². The first-order chi connectivity index (χ1) is 13.0. The molecule has 0 aliphatic carbocycles. The van der Waals surface area contributed by atoms with E-state index in [9.17, 15) is 4.79 Å². The highest BCUT2D eigenvalue weighted by Crippen LogP contribution is 2.42. The monoisotopic (exact) mass is 359 g/mol. The first kappa shape index (κ1) is 18.8. The molecule has 0 radical (unpaired) electrons. The van der Waals surface area contributed by atoms with E-state index in [4.69, 9.17) is 4.74 Å². The number of aromatic nitrogens is 1. The molecule has 3 rings (SSSR count). The van der Waals surface area contributed by atoms with Gasteiger partial charge in [-0.3, -0.25) is 9.78 Å². The van der Waals surface area contributed by atoms with E-state index in [1.54, 1.807) is 12.4 Å². The molecular formula is C24H25NO2. The summed E-state index contributed by atoms with van der Waals surface area (Å²) in [5, 5.41) is 0. The van der Waals surface area contributed by atoms with E-state index < -0.39 is 11.0 Å². The van der Waals surface area contributed by atoms with Crippen LogP contribution in [0.5, 0.6) is 0 Å². The molecule has 0 atom stereocenters. The topological polar surface area (TPSA) is 39.2 Å². The number of hydrogen-bond donors (Lipinski definition) is 0. The van der Waals surface area contributed by atoms with Crippen LogP contribution in [0.4, 0.5) is 0 Å². The molecule has 0 aliphatic rings. The minimum absolute atomic E-state index is 0.227. The van der Waals surface area contributed by atoms with Gasteiger partial charge in [-0.2, -0.15) is 0 Å². The summed E-state index contributed by atoms with van der Waals surface area (Å²) in [4.78, 5) is 17.3. The quantitative estimate of drug-likeness (QED) is 0.557. The maximum Gasteiger partial charge on any atom is 0.313 e. The van der Waals surface area contributed by atoms with Gasteiger partial charge in [-0.25, -0.2) is 0 Å². The molecule has 138 valence electrons. The second kappa shape index (κ2) is 7.75. The van der Waals surface area contributed by atoms with Crippen molar-refractivity contribution in [2.24, 2.45) is 5.41 Å². The van der Waals surface area contributed by atoms with Gasteiger partial charge in [0.05, 0.1) is 5.41 Å². The predicted molar refractivity (Wildman–Crippen MR) is 107 cm³/mol. The van der Waals surface area contributed by atoms with Crippen molar-refractivity contribution >= 4 is 5.97 Å². The van der Waals surface area contributed by atoms with Crippen LogP contribution in [0.15, 0.2) is 85.2 Å². The second-order valence-electron chi connectivity index (χ2n) is 7.28. The molecule has 1 aromatic heterocycles. The first-order valence-corrected chi connectivity index (χ1v) is 9.25. The summed E-state index contributed by atoms with van der Waals surface area (Å²) in [5.41, 5.74) is 1.07. The first-order valence-electron chi connectivity index (χ1n) is 9.25. The number of rotatable bonds is 6. The standard InChI is InChI=1S/C24H25NO2/c1-4-23(2,3)22(26)27-24(19-11-7-5-8-12-19,20-13-9-6-10-14-20)21-15-17-25-18-16-21/h5-18H,4H2,1-3H3. The molecule has 3 heteroatoms. The van der Waals surface area contributed by atoms with Gasteiger partial charge in [0, 0.05) is 29.1 Å². The van der Waals surface area contributed by atoms with Crippen molar-refractivity contribution < 1.29 is 9.53 Å². The van der Waals surface area contributed by atoms with E-state index in [0.717, 1.165) is 16.7 Å². The van der Waals surface area contributed by atoms with E-state index in [1.807, 2.05) is 93.6 Å². The van der Waals surface area contributed by atoms with Gasteiger partial charge in [-0.1, -0.05) is 67.6 Å². The van der Waals surface area contributed by atoms with Crippen LogP contribution in [0.1, 0.15) is 43.9 Å². The summed E-state index contributed by atoms with van der Waals surface area (Å²) in [6, 6.07) is 23.6. The van der Waals surface area contributed by atoms with E-state index in [0.29, 0.717) is 6.42 Å². The van der Waals surface area contributed by atoms with Crippen LogP contribution in [0, 0.1) is 5.41 Å². The summed E-state index contributed by atoms with van der Waals surface area (Å²) in [5.74, 6) is -0.227. The van der Waals surface area contributed by atoms with Gasteiger partial charge in [-0.05, 0) is 32.4 Å². The molecule has 0 bridgehead atoms. The number of nitrogens with zero attached hydrogens (tertiary/aromatic N) is 1. The van der Waals surface area contributed by atoms with Gasteiger partial charge < -0.3 is 4.74 Å². The Morgan fingerprint density at radius 1 is 0.815 bits per heavy atom. The zero-order valence-electron chi connectivity index (χ0n) is 16.1. The number of hydrogen-bond acceptors (Lipinski definition) is 3. The molecule has 0 saturated heterocycles. The number of esters is 1. The van der Waals surface area contributed by atoms with E-state index in [2.05, 4.69) is 4.98 Å². The lowest BCUT2D eigenvalue weighted by atomic mass is 9.79. The molecule has 0 spiro atoms. The molecule has 1 heterocycles. The fraction of sp³-hybridized carbons (Fsp3) is 0.250. The third-order valence-electron chi connectivity index (χ3n) is 5.13. The Balaban J connectivity index is 2.28. The summed E-state index contributed by atoms with van der Waals surface area (Å²) < 4.78 is 6.39. The molecule has 0 saturated carbocycles. The SMILES string of the molecule is CCC(C)(C)C(=O)OC(c1ccccc1)(c1ccccc1)c1ccncc1. The maximum atomic E-state index is 13.2. The Morgan fingerprint density at radius 3 is 1.70 bits per heavy atom. The highest BCUT2D eigenvalue weighted by molar-refractivity contribution is 5.77. The van der Waals surface area contributed by atoms with E-state index >= 15 is 0 Å². The molecular weight excluding hydrogens is 334 g/mol. The van der Waals surface area contributed by atoms with E-state index in [-0.39, 0.29) is 5.97 Å². The van der Waals surface area contributed by atoms with Gasteiger partial charge in [0.1, 0.15) is 0 Å². The Kier molecular flexibility index (Phi) is 5.41. The zero-order valence-corrected chi connectivity index (χ0v) is 16.1. The summed E-state index contributed by atoms with van der Waals surface area (Å²) in [6.07, 6.45) is 4.16. The molecule has 0 amide bonds. The minimum Gasteiger partial charge on any atom is -0.444 e. The number of ether oxygens (including phenoxy) is 1. The number of carbonyl (C=O) groups excluding carboxylic acids is 1. The van der Waals surface area contributed by atoms with Gasteiger partial charge in [0.2, 0.25) is 0 Å². The fourth-order valence-electron chi connectivity index (χ4n) is 3.03. The summed E-state index contributed by atoms with van der Waals surface area (Å²) in [7, 11) is 0. The average Bonchev–Trinajstić information content (AvgIpc) is 2.73. The van der Waals surface area contributed by atoms with Crippen LogP contribution in [0.25, 0.3) is 0 Å². The van der Waals surface area contributed by atoms with Crippen LogP contribution in [-0.4, -0.2) is 11.0 Å². The molecule has 0 unspecified atom stereocenters.